The molecule has 0 spiro atoms. The van der Waals surface area contributed by atoms with Crippen molar-refractivity contribution in [3.8, 4) is 0 Å². The second kappa shape index (κ2) is 53.5. The molecule has 0 aromatic carbocycles. The topological polar surface area (TPSA) is 357 Å². The van der Waals surface area contributed by atoms with E-state index in [0.717, 1.165) is 25.7 Å². The summed E-state index contributed by atoms with van der Waals surface area (Å²) in [5.74, 6) is -0.463. The highest BCUT2D eigenvalue weighted by molar-refractivity contribution is 5.66. The maximum Gasteiger partial charge on any atom is 0.302 e. The Bertz CT molecular complexity index is 830. The molecule has 0 aliphatic carbocycles. The van der Waals surface area contributed by atoms with Crippen molar-refractivity contribution in [2.45, 2.75) is 131 Å². The molecule has 0 rings (SSSR count). The molecule has 0 saturated carbocycles. The summed E-state index contributed by atoms with van der Waals surface area (Å²) in [6, 6.07) is 0. The zero-order valence-electron chi connectivity index (χ0n) is 37.8. The summed E-state index contributed by atoms with van der Waals surface area (Å²) < 4.78 is 22.7. The highest BCUT2D eigenvalue weighted by Crippen LogP contribution is 2.17. The number of esters is 4. The van der Waals surface area contributed by atoms with E-state index in [2.05, 4.69) is 46.6 Å². The van der Waals surface area contributed by atoms with E-state index in [-0.39, 0.29) is 79.3 Å². The van der Waals surface area contributed by atoms with Crippen LogP contribution < -0.4 is 0 Å². The first-order valence-electron chi connectivity index (χ1n) is 20.5. The Labute approximate surface area is 362 Å². The highest BCUT2D eigenvalue weighted by Gasteiger charge is 2.12. The Morgan fingerprint density at radius 1 is 0.393 bits per heavy atom. The van der Waals surface area contributed by atoms with Crippen LogP contribution in [0.3, 0.4) is 0 Å². The van der Waals surface area contributed by atoms with Crippen molar-refractivity contribution in [2.24, 2.45) is 17.8 Å². The molecule has 0 radical (unpaired) electrons. The summed E-state index contributed by atoms with van der Waals surface area (Å²) in [7, 11) is 0. The molecular formula is C40H84O21. The predicted molar refractivity (Wildman–Crippen MR) is 222 cm³/mol. The SMILES string of the molecule is CC(=O)OCC(O)CO.CC(=O)OCC(O)CO.CC(=O)OCC(O)CO.CC(=O)OCC(O)CO.CCC(CO)CC(CC)CO.CCCCC(CC)COCC(O)CO. The third kappa shape index (κ3) is 66.6. The Hall–Kier alpha value is -2.64. The molecule has 0 amide bonds. The van der Waals surface area contributed by atoms with Gasteiger partial charge in [0.1, 0.15) is 56.9 Å². The van der Waals surface area contributed by atoms with Gasteiger partial charge in [-0.15, -0.1) is 0 Å². The van der Waals surface area contributed by atoms with Crippen molar-refractivity contribution in [1.82, 2.24) is 0 Å². The first kappa shape index (κ1) is 70.0. The molecule has 0 aromatic rings. The average molecular weight is 901 g/mol. The second-order valence-corrected chi connectivity index (χ2v) is 13.5. The maximum absolute atomic E-state index is 10.0. The number of unbranched alkanes of at least 4 members (excludes halogenated alkanes) is 1. The minimum Gasteiger partial charge on any atom is -0.463 e. The number of ether oxygens (including phenoxy) is 5. The average Bonchev–Trinajstić information content (AvgIpc) is 3.25. The van der Waals surface area contributed by atoms with Crippen LogP contribution >= 0.6 is 0 Å². The fourth-order valence-corrected chi connectivity index (χ4v) is 3.60. The van der Waals surface area contributed by atoms with E-state index in [1.807, 2.05) is 0 Å². The molecule has 370 valence electrons. The maximum atomic E-state index is 10.0. The number of carbonyl (C=O) groups excluding carboxylic acids is 4. The van der Waals surface area contributed by atoms with Gasteiger partial charge in [-0.3, -0.25) is 19.2 Å². The van der Waals surface area contributed by atoms with Crippen molar-refractivity contribution in [1.29, 1.82) is 0 Å². The van der Waals surface area contributed by atoms with Crippen LogP contribution in [0.2, 0.25) is 0 Å². The van der Waals surface area contributed by atoms with E-state index in [0.29, 0.717) is 24.4 Å². The van der Waals surface area contributed by atoms with Gasteiger partial charge in [0, 0.05) is 47.5 Å². The highest BCUT2D eigenvalue weighted by atomic mass is 16.6. The number of carbonyl (C=O) groups is 4. The molecule has 21 heteroatoms. The zero-order chi connectivity index (χ0) is 48.6. The molecule has 21 nitrogen and oxygen atoms in total. The summed E-state index contributed by atoms with van der Waals surface area (Å²) in [5, 5.41) is 103. The van der Waals surface area contributed by atoms with Crippen LogP contribution in [0.5, 0.6) is 0 Å². The van der Waals surface area contributed by atoms with Crippen molar-refractivity contribution in [3.05, 3.63) is 0 Å². The van der Waals surface area contributed by atoms with Crippen LogP contribution in [0.1, 0.15) is 100 Å². The number of hydrogen-bond acceptors (Lipinski definition) is 21. The van der Waals surface area contributed by atoms with Gasteiger partial charge in [0.15, 0.2) is 0 Å². The Balaban J connectivity index is -0.000000150. The third-order valence-electron chi connectivity index (χ3n) is 7.51. The zero-order valence-corrected chi connectivity index (χ0v) is 37.8. The largest absolute Gasteiger partial charge is 0.463 e. The molecule has 0 aliphatic heterocycles. The van der Waals surface area contributed by atoms with Crippen LogP contribution in [0.25, 0.3) is 0 Å². The number of aliphatic hydroxyl groups excluding tert-OH is 12. The number of rotatable bonds is 27. The third-order valence-corrected chi connectivity index (χ3v) is 7.51. The molecule has 12 N–H and O–H groups in total. The number of aliphatic hydroxyl groups is 12. The molecule has 0 bridgehead atoms. The lowest BCUT2D eigenvalue weighted by Crippen LogP contribution is -2.21. The molecule has 0 saturated heterocycles. The molecule has 8 unspecified atom stereocenters. The van der Waals surface area contributed by atoms with Gasteiger partial charge in [-0.05, 0) is 30.6 Å². The minimum atomic E-state index is -0.950. The molecular weight excluding hydrogens is 816 g/mol. The summed E-state index contributed by atoms with van der Waals surface area (Å²) in [6.45, 7) is 12.6. The van der Waals surface area contributed by atoms with Gasteiger partial charge in [0.25, 0.3) is 0 Å². The lowest BCUT2D eigenvalue weighted by molar-refractivity contribution is -0.145. The quantitative estimate of drug-likeness (QED) is 0.0333. The lowest BCUT2D eigenvalue weighted by atomic mass is 9.92. The molecule has 0 fully saturated rings. The fraction of sp³-hybridized carbons (Fsp3) is 0.900. The lowest BCUT2D eigenvalue weighted by Gasteiger charge is -2.17. The van der Waals surface area contributed by atoms with Crippen LogP contribution in [-0.4, -0.2) is 202 Å². The molecule has 8 atom stereocenters. The number of hydrogen-bond donors (Lipinski definition) is 12. The van der Waals surface area contributed by atoms with Gasteiger partial charge in [0.2, 0.25) is 0 Å². The van der Waals surface area contributed by atoms with E-state index in [9.17, 15) is 19.2 Å². The molecule has 61 heavy (non-hydrogen) atoms. The van der Waals surface area contributed by atoms with Gasteiger partial charge in [-0.25, -0.2) is 0 Å². The van der Waals surface area contributed by atoms with Gasteiger partial charge >= 0.3 is 23.9 Å². The van der Waals surface area contributed by atoms with E-state index in [1.54, 1.807) is 0 Å². The van der Waals surface area contributed by atoms with Crippen LogP contribution in [0, 0.1) is 17.8 Å². The second-order valence-electron chi connectivity index (χ2n) is 13.5. The summed E-state index contributed by atoms with van der Waals surface area (Å²) in [4.78, 5) is 40.2. The van der Waals surface area contributed by atoms with E-state index in [1.165, 1.54) is 47.0 Å². The molecule has 0 aliphatic rings. The van der Waals surface area contributed by atoms with Crippen LogP contribution in [0.4, 0.5) is 0 Å². The van der Waals surface area contributed by atoms with Crippen molar-refractivity contribution < 1.29 is 104 Å². The van der Waals surface area contributed by atoms with Crippen molar-refractivity contribution >= 4 is 23.9 Å². The monoisotopic (exact) mass is 901 g/mol. The fourth-order valence-electron chi connectivity index (χ4n) is 3.60. The minimum absolute atomic E-state index is 0.133. The Kier molecular flexibility index (Phi) is 61.4. The van der Waals surface area contributed by atoms with E-state index >= 15 is 0 Å². The standard InChI is InChI=1S/C11H24O3.C9H20O2.4C5H10O4/c1-3-5-6-10(4-2)8-14-9-11(13)7-12;1-3-8(6-10)5-9(4-2)7-11;4*1-4(7)9-3-5(8)2-6/h10-13H,3-9H2,1-2H3;8-11H,3-7H2,1-2H3;4*5-6,8H,2-3H2,1H3. The predicted octanol–water partition coefficient (Wildman–Crippen LogP) is -1.40. The van der Waals surface area contributed by atoms with Crippen LogP contribution in [0.15, 0.2) is 0 Å². The molecule has 0 aromatic heterocycles. The Morgan fingerprint density at radius 2 is 0.656 bits per heavy atom. The van der Waals surface area contributed by atoms with E-state index < -0.39 is 54.4 Å². The van der Waals surface area contributed by atoms with Crippen molar-refractivity contribution in [2.75, 3.05) is 85.9 Å². The molecule has 0 heterocycles. The van der Waals surface area contributed by atoms with Gasteiger partial charge in [-0.1, -0.05) is 59.8 Å². The van der Waals surface area contributed by atoms with Gasteiger partial charge < -0.3 is 85.0 Å². The van der Waals surface area contributed by atoms with Gasteiger partial charge in [0.05, 0.1) is 39.6 Å². The Morgan fingerprint density at radius 3 is 0.852 bits per heavy atom. The summed E-state index contributed by atoms with van der Waals surface area (Å²) in [5.41, 5.74) is 0. The van der Waals surface area contributed by atoms with E-state index in [4.69, 9.17) is 66.0 Å². The van der Waals surface area contributed by atoms with Crippen molar-refractivity contribution in [3.63, 3.8) is 0 Å². The first-order chi connectivity index (χ1) is 28.7. The summed E-state index contributed by atoms with van der Waals surface area (Å²) in [6.07, 6.45) is 3.22. The van der Waals surface area contributed by atoms with Gasteiger partial charge in [-0.2, -0.15) is 0 Å². The normalized spacial score (nSPS) is 14.0. The smallest absolute Gasteiger partial charge is 0.302 e. The first-order valence-corrected chi connectivity index (χ1v) is 20.5. The summed E-state index contributed by atoms with van der Waals surface area (Å²) >= 11 is 0. The van der Waals surface area contributed by atoms with Crippen LogP contribution in [-0.2, 0) is 42.9 Å².